The number of nitrogens with zero attached hydrogens (tertiary/aromatic N) is 6. The van der Waals surface area contributed by atoms with Gasteiger partial charge in [0.25, 0.3) is 0 Å². The van der Waals surface area contributed by atoms with Crippen molar-refractivity contribution in [1.29, 1.82) is 0 Å². The van der Waals surface area contributed by atoms with Gasteiger partial charge in [-0.2, -0.15) is 9.61 Å². The summed E-state index contributed by atoms with van der Waals surface area (Å²) in [6, 6.07) is 4.26. The maximum Gasteiger partial charge on any atom is 0.157 e. The fourth-order valence-electron chi connectivity index (χ4n) is 3.91. The second-order valence-corrected chi connectivity index (χ2v) is 7.67. The molecule has 2 aromatic heterocycles. The van der Waals surface area contributed by atoms with E-state index in [2.05, 4.69) is 46.8 Å². The average Bonchev–Trinajstić information content (AvgIpc) is 3.21. The van der Waals surface area contributed by atoms with E-state index in [0.717, 1.165) is 49.9 Å². The Hall–Kier alpha value is -1.70. The molecular formula is C18H28N6O. The van der Waals surface area contributed by atoms with Crippen molar-refractivity contribution < 1.29 is 5.11 Å². The molecule has 1 N–H and O–H groups in total. The summed E-state index contributed by atoms with van der Waals surface area (Å²) in [7, 11) is 2.16. The van der Waals surface area contributed by atoms with Crippen LogP contribution in [0.1, 0.15) is 25.5 Å². The van der Waals surface area contributed by atoms with Gasteiger partial charge in [0.15, 0.2) is 5.65 Å². The van der Waals surface area contributed by atoms with E-state index in [9.17, 15) is 5.11 Å². The lowest BCUT2D eigenvalue weighted by Crippen LogP contribution is -2.52. The smallest absolute Gasteiger partial charge is 0.157 e. The fourth-order valence-corrected chi connectivity index (χ4v) is 3.91. The van der Waals surface area contributed by atoms with Gasteiger partial charge in [0, 0.05) is 57.1 Å². The SMILES string of the molecule is CC(C)c1cc(N2C[C@H](O)[C@@H](N3CCN(C)CC3)C2)n2nccc2n1. The number of aromatic nitrogens is 3. The minimum atomic E-state index is -0.329. The summed E-state index contributed by atoms with van der Waals surface area (Å²) in [5.74, 6) is 1.40. The lowest BCUT2D eigenvalue weighted by molar-refractivity contribution is 0.0512. The Kier molecular flexibility index (Phi) is 4.39. The zero-order valence-electron chi connectivity index (χ0n) is 15.3. The van der Waals surface area contributed by atoms with Crippen LogP contribution >= 0.6 is 0 Å². The van der Waals surface area contributed by atoms with Crippen LogP contribution in [-0.4, -0.2) is 88.0 Å². The third-order valence-electron chi connectivity index (χ3n) is 5.54. The highest BCUT2D eigenvalue weighted by Gasteiger charge is 2.37. The number of likely N-dealkylation sites (N-methyl/N-ethyl adjacent to an activating group) is 1. The van der Waals surface area contributed by atoms with E-state index >= 15 is 0 Å². The summed E-state index contributed by atoms with van der Waals surface area (Å²) < 4.78 is 1.89. The van der Waals surface area contributed by atoms with Crippen molar-refractivity contribution >= 4 is 11.5 Å². The molecule has 2 aliphatic heterocycles. The number of aliphatic hydroxyl groups is 1. The monoisotopic (exact) mass is 344 g/mol. The molecule has 0 spiro atoms. The zero-order chi connectivity index (χ0) is 17.6. The third-order valence-corrected chi connectivity index (χ3v) is 5.54. The number of fused-ring (bicyclic) bond motifs is 1. The summed E-state index contributed by atoms with van der Waals surface area (Å²) in [5.41, 5.74) is 1.94. The molecule has 0 aliphatic carbocycles. The summed E-state index contributed by atoms with van der Waals surface area (Å²) >= 11 is 0. The molecule has 0 amide bonds. The Morgan fingerprint density at radius 1 is 1.16 bits per heavy atom. The molecule has 136 valence electrons. The van der Waals surface area contributed by atoms with Crippen molar-refractivity contribution in [2.45, 2.75) is 31.9 Å². The first-order chi connectivity index (χ1) is 12.0. The van der Waals surface area contributed by atoms with Crippen LogP contribution in [0, 0.1) is 0 Å². The lowest BCUT2D eigenvalue weighted by atomic mass is 10.1. The summed E-state index contributed by atoms with van der Waals surface area (Å²) in [6.07, 6.45) is 1.46. The maximum atomic E-state index is 10.7. The normalized spacial score (nSPS) is 26.2. The van der Waals surface area contributed by atoms with Gasteiger partial charge < -0.3 is 14.9 Å². The first-order valence-corrected chi connectivity index (χ1v) is 9.23. The summed E-state index contributed by atoms with van der Waals surface area (Å²) in [5, 5.41) is 15.1. The van der Waals surface area contributed by atoms with Gasteiger partial charge in [-0.25, -0.2) is 4.98 Å². The molecule has 2 saturated heterocycles. The summed E-state index contributed by atoms with van der Waals surface area (Å²) in [4.78, 5) is 11.8. The molecule has 0 aromatic carbocycles. The predicted octanol–water partition coefficient (Wildman–Crippen LogP) is 0.650. The van der Waals surface area contributed by atoms with E-state index < -0.39 is 0 Å². The van der Waals surface area contributed by atoms with E-state index in [-0.39, 0.29) is 12.1 Å². The maximum absolute atomic E-state index is 10.7. The molecule has 25 heavy (non-hydrogen) atoms. The molecule has 2 fully saturated rings. The molecule has 7 nitrogen and oxygen atoms in total. The Balaban J connectivity index is 1.60. The average molecular weight is 344 g/mol. The van der Waals surface area contributed by atoms with Crippen LogP contribution in [0.15, 0.2) is 18.3 Å². The number of hydrogen-bond acceptors (Lipinski definition) is 6. The van der Waals surface area contributed by atoms with E-state index in [0.29, 0.717) is 12.5 Å². The number of hydrogen-bond donors (Lipinski definition) is 1. The fraction of sp³-hybridized carbons (Fsp3) is 0.667. The van der Waals surface area contributed by atoms with Crippen molar-refractivity contribution in [3.63, 3.8) is 0 Å². The molecule has 2 aromatic rings. The first-order valence-electron chi connectivity index (χ1n) is 9.23. The van der Waals surface area contributed by atoms with Gasteiger partial charge in [-0.1, -0.05) is 13.8 Å². The lowest BCUT2D eigenvalue weighted by Gasteiger charge is -2.37. The molecule has 0 unspecified atom stereocenters. The molecule has 4 heterocycles. The van der Waals surface area contributed by atoms with Crippen molar-refractivity contribution in [1.82, 2.24) is 24.4 Å². The van der Waals surface area contributed by atoms with Crippen molar-refractivity contribution in [2.24, 2.45) is 0 Å². The molecule has 0 saturated carbocycles. The topological polar surface area (TPSA) is 60.1 Å². The van der Waals surface area contributed by atoms with Crippen LogP contribution in [-0.2, 0) is 0 Å². The van der Waals surface area contributed by atoms with Gasteiger partial charge in [0.2, 0.25) is 0 Å². The highest BCUT2D eigenvalue weighted by molar-refractivity contribution is 5.52. The van der Waals surface area contributed by atoms with E-state index in [4.69, 9.17) is 4.98 Å². The molecule has 0 bridgehead atoms. The number of β-amino-alcohol motifs (C(OH)–C–C–N with tert-alkyl or cyclic N) is 1. The first kappa shape index (κ1) is 16.8. The molecule has 0 radical (unpaired) electrons. The molecule has 4 rings (SSSR count). The molecule has 2 aliphatic rings. The van der Waals surface area contributed by atoms with Gasteiger partial charge in [0.05, 0.1) is 18.3 Å². The second kappa shape index (κ2) is 6.55. The van der Waals surface area contributed by atoms with Crippen LogP contribution in [0.2, 0.25) is 0 Å². The van der Waals surface area contributed by atoms with Crippen LogP contribution in [0.3, 0.4) is 0 Å². The molecule has 7 heteroatoms. The standard InChI is InChI=1S/C18H28N6O/c1-13(2)14-10-18(24-17(20-14)4-5-19-24)23-11-15(16(25)12-23)22-8-6-21(3)7-9-22/h4-5,10,13,15-16,25H,6-9,11-12H2,1-3H3/t15-,16-/m0/s1. The van der Waals surface area contributed by atoms with Gasteiger partial charge in [-0.3, -0.25) is 4.90 Å². The second-order valence-electron chi connectivity index (χ2n) is 7.67. The van der Waals surface area contributed by atoms with Crippen LogP contribution < -0.4 is 4.90 Å². The van der Waals surface area contributed by atoms with Gasteiger partial charge in [-0.15, -0.1) is 0 Å². The Morgan fingerprint density at radius 2 is 1.92 bits per heavy atom. The van der Waals surface area contributed by atoms with Crippen LogP contribution in [0.5, 0.6) is 0 Å². The third kappa shape index (κ3) is 3.12. The highest BCUT2D eigenvalue weighted by atomic mass is 16.3. The van der Waals surface area contributed by atoms with Crippen LogP contribution in [0.4, 0.5) is 5.82 Å². The van der Waals surface area contributed by atoms with Crippen molar-refractivity contribution in [2.75, 3.05) is 51.2 Å². The number of piperazine rings is 1. The molecule has 2 atom stereocenters. The highest BCUT2D eigenvalue weighted by Crippen LogP contribution is 2.27. The largest absolute Gasteiger partial charge is 0.390 e. The van der Waals surface area contributed by atoms with Gasteiger partial charge in [0.1, 0.15) is 5.82 Å². The quantitative estimate of drug-likeness (QED) is 0.882. The Bertz CT molecular complexity index is 736. The number of rotatable bonds is 3. The van der Waals surface area contributed by atoms with Crippen molar-refractivity contribution in [3.05, 3.63) is 24.0 Å². The van der Waals surface area contributed by atoms with E-state index in [1.807, 2.05) is 10.6 Å². The van der Waals surface area contributed by atoms with Crippen LogP contribution in [0.25, 0.3) is 5.65 Å². The number of anilines is 1. The molecular weight excluding hydrogens is 316 g/mol. The summed E-state index contributed by atoms with van der Waals surface area (Å²) in [6.45, 7) is 9.98. The minimum Gasteiger partial charge on any atom is -0.390 e. The Labute approximate surface area is 148 Å². The van der Waals surface area contributed by atoms with Gasteiger partial charge in [-0.05, 0) is 13.0 Å². The van der Waals surface area contributed by atoms with E-state index in [1.54, 1.807) is 6.20 Å². The Morgan fingerprint density at radius 3 is 2.64 bits per heavy atom. The minimum absolute atomic E-state index is 0.190. The van der Waals surface area contributed by atoms with Gasteiger partial charge >= 0.3 is 0 Å². The zero-order valence-corrected chi connectivity index (χ0v) is 15.3. The number of aliphatic hydroxyl groups excluding tert-OH is 1. The van der Waals surface area contributed by atoms with E-state index in [1.165, 1.54) is 0 Å². The predicted molar refractivity (Wildman–Crippen MR) is 98.2 cm³/mol. The van der Waals surface area contributed by atoms with Crippen molar-refractivity contribution in [3.8, 4) is 0 Å².